The minimum absolute atomic E-state index is 0.417. The Hall–Kier alpha value is -0.180. The summed E-state index contributed by atoms with van der Waals surface area (Å²) < 4.78 is 0. The maximum atomic E-state index is 4.50. The maximum Gasteiger partial charge on any atom is 0.156 e. The average molecular weight is 214 g/mol. The van der Waals surface area contributed by atoms with Gasteiger partial charge in [0.2, 0.25) is 0 Å². The van der Waals surface area contributed by atoms with Gasteiger partial charge in [0.15, 0.2) is 5.17 Å². The molecule has 0 bridgehead atoms. The molecule has 1 aliphatic heterocycles. The molecule has 1 unspecified atom stereocenters. The smallest absolute Gasteiger partial charge is 0.156 e. The van der Waals surface area contributed by atoms with Gasteiger partial charge in [-0.1, -0.05) is 39.5 Å². The van der Waals surface area contributed by atoms with Crippen LogP contribution in [0.5, 0.6) is 0 Å². The number of rotatable bonds is 2. The molecular formula is C11H22N2S. The van der Waals surface area contributed by atoms with E-state index in [-0.39, 0.29) is 0 Å². The van der Waals surface area contributed by atoms with Gasteiger partial charge in [-0.2, -0.15) is 0 Å². The molecule has 0 aromatic carbocycles. The molecule has 14 heavy (non-hydrogen) atoms. The summed E-state index contributed by atoms with van der Waals surface area (Å²) in [5.74, 6) is 1.95. The molecule has 0 amide bonds. The second-order valence-corrected chi connectivity index (χ2v) is 6.31. The number of aliphatic imine (C=N–C) groups is 1. The minimum Gasteiger partial charge on any atom is -0.365 e. The first kappa shape index (κ1) is 11.9. The number of hydrogen-bond donors (Lipinski definition) is 1. The number of nitrogens with zero attached hydrogens (tertiary/aromatic N) is 1. The van der Waals surface area contributed by atoms with Crippen molar-refractivity contribution in [2.45, 2.75) is 34.1 Å². The lowest BCUT2D eigenvalue weighted by Crippen LogP contribution is -2.28. The van der Waals surface area contributed by atoms with Crippen LogP contribution in [0, 0.1) is 11.3 Å². The van der Waals surface area contributed by atoms with Crippen LogP contribution in [0.25, 0.3) is 0 Å². The highest BCUT2D eigenvalue weighted by Crippen LogP contribution is 2.19. The van der Waals surface area contributed by atoms with Gasteiger partial charge in [0.05, 0.1) is 0 Å². The van der Waals surface area contributed by atoms with Crippen LogP contribution in [0.2, 0.25) is 0 Å². The highest BCUT2D eigenvalue weighted by atomic mass is 32.2. The van der Waals surface area contributed by atoms with Gasteiger partial charge in [0.25, 0.3) is 0 Å². The molecule has 0 aromatic rings. The third kappa shape index (κ3) is 4.89. The Balaban J connectivity index is 2.19. The van der Waals surface area contributed by atoms with Gasteiger partial charge in [-0.15, -0.1) is 0 Å². The van der Waals surface area contributed by atoms with Crippen molar-refractivity contribution >= 4 is 16.9 Å². The van der Waals surface area contributed by atoms with Crippen LogP contribution in [0.3, 0.4) is 0 Å². The molecule has 0 radical (unpaired) electrons. The van der Waals surface area contributed by atoms with E-state index in [0.29, 0.717) is 5.41 Å². The van der Waals surface area contributed by atoms with Gasteiger partial charge in [-0.25, -0.2) is 0 Å². The van der Waals surface area contributed by atoms with E-state index in [1.165, 1.54) is 12.2 Å². The number of thioether (sulfide) groups is 1. The van der Waals surface area contributed by atoms with Crippen molar-refractivity contribution in [2.75, 3.05) is 18.8 Å². The molecule has 0 aliphatic carbocycles. The lowest BCUT2D eigenvalue weighted by atomic mass is 9.92. The van der Waals surface area contributed by atoms with E-state index in [2.05, 4.69) is 38.0 Å². The molecule has 1 rings (SSSR count). The van der Waals surface area contributed by atoms with E-state index in [9.17, 15) is 0 Å². The van der Waals surface area contributed by atoms with E-state index < -0.39 is 0 Å². The third-order valence-corrected chi connectivity index (χ3v) is 3.48. The Labute approximate surface area is 92.0 Å². The molecule has 1 atom stereocenters. The zero-order valence-corrected chi connectivity index (χ0v) is 10.6. The van der Waals surface area contributed by atoms with Gasteiger partial charge in [-0.05, 0) is 17.8 Å². The zero-order chi connectivity index (χ0) is 10.6. The lowest BCUT2D eigenvalue weighted by Gasteiger charge is -2.21. The van der Waals surface area contributed by atoms with Gasteiger partial charge in [0.1, 0.15) is 0 Å². The van der Waals surface area contributed by atoms with Crippen molar-refractivity contribution in [2.24, 2.45) is 16.3 Å². The predicted molar refractivity (Wildman–Crippen MR) is 66.0 cm³/mol. The van der Waals surface area contributed by atoms with E-state index in [1.807, 2.05) is 11.8 Å². The molecule has 0 aromatic heterocycles. The van der Waals surface area contributed by atoms with Crippen LogP contribution in [0.15, 0.2) is 4.99 Å². The fourth-order valence-corrected chi connectivity index (χ4v) is 2.13. The van der Waals surface area contributed by atoms with Crippen LogP contribution in [0.4, 0.5) is 0 Å². The summed E-state index contributed by atoms with van der Waals surface area (Å²) >= 11 is 1.86. The third-order valence-electron chi connectivity index (χ3n) is 2.20. The molecule has 1 N–H and O–H groups in total. The molecule has 3 heteroatoms. The largest absolute Gasteiger partial charge is 0.365 e. The molecule has 1 heterocycles. The summed E-state index contributed by atoms with van der Waals surface area (Å²) in [5.41, 5.74) is 0.417. The summed E-state index contributed by atoms with van der Waals surface area (Å²) in [4.78, 5) is 4.50. The standard InChI is InChI=1S/C11H22N2S/c1-9-7-13-10(14-8-9)12-6-5-11(2,3)4/h9H,5-8H2,1-4H3,(H,12,13). The topological polar surface area (TPSA) is 24.4 Å². The summed E-state index contributed by atoms with van der Waals surface area (Å²) in [5, 5.41) is 4.56. The molecule has 82 valence electrons. The van der Waals surface area contributed by atoms with E-state index in [4.69, 9.17) is 0 Å². The summed E-state index contributed by atoms with van der Waals surface area (Å²) in [6.45, 7) is 11.1. The second kappa shape index (κ2) is 5.06. The first-order valence-corrected chi connectivity index (χ1v) is 6.37. The summed E-state index contributed by atoms with van der Waals surface area (Å²) in [6, 6.07) is 0. The van der Waals surface area contributed by atoms with Gasteiger partial charge in [-0.3, -0.25) is 4.99 Å². The molecule has 1 aliphatic rings. The molecule has 0 saturated carbocycles. The van der Waals surface area contributed by atoms with Crippen LogP contribution in [-0.2, 0) is 0 Å². The van der Waals surface area contributed by atoms with E-state index in [0.717, 1.165) is 24.2 Å². The van der Waals surface area contributed by atoms with Crippen LogP contribution >= 0.6 is 11.8 Å². The van der Waals surface area contributed by atoms with Crippen molar-refractivity contribution in [3.05, 3.63) is 0 Å². The lowest BCUT2D eigenvalue weighted by molar-refractivity contribution is 0.378. The van der Waals surface area contributed by atoms with Crippen molar-refractivity contribution in [1.29, 1.82) is 0 Å². The Morgan fingerprint density at radius 3 is 2.71 bits per heavy atom. The fraction of sp³-hybridized carbons (Fsp3) is 0.909. The zero-order valence-electron chi connectivity index (χ0n) is 9.76. The van der Waals surface area contributed by atoms with E-state index >= 15 is 0 Å². The Kier molecular flexibility index (Phi) is 4.30. The Morgan fingerprint density at radius 1 is 1.50 bits per heavy atom. The predicted octanol–water partition coefficient (Wildman–Crippen LogP) is 2.75. The molecule has 0 saturated heterocycles. The van der Waals surface area contributed by atoms with Gasteiger partial charge < -0.3 is 5.32 Å². The maximum absolute atomic E-state index is 4.50. The van der Waals surface area contributed by atoms with Crippen molar-refractivity contribution in [1.82, 2.24) is 5.32 Å². The van der Waals surface area contributed by atoms with Crippen molar-refractivity contribution in [3.63, 3.8) is 0 Å². The Bertz CT molecular complexity index is 206. The monoisotopic (exact) mass is 214 g/mol. The number of nitrogens with one attached hydrogen (secondary N) is 1. The van der Waals surface area contributed by atoms with Crippen LogP contribution in [-0.4, -0.2) is 24.0 Å². The number of hydrogen-bond acceptors (Lipinski definition) is 3. The fourth-order valence-electron chi connectivity index (χ4n) is 1.21. The molecular weight excluding hydrogens is 192 g/mol. The second-order valence-electron chi connectivity index (χ2n) is 5.30. The van der Waals surface area contributed by atoms with Crippen molar-refractivity contribution in [3.8, 4) is 0 Å². The Morgan fingerprint density at radius 2 is 2.21 bits per heavy atom. The molecule has 0 fully saturated rings. The van der Waals surface area contributed by atoms with E-state index in [1.54, 1.807) is 0 Å². The molecule has 0 spiro atoms. The average Bonchev–Trinajstić information content (AvgIpc) is 2.06. The first-order chi connectivity index (χ1) is 6.47. The quantitative estimate of drug-likeness (QED) is 0.764. The molecule has 2 nitrogen and oxygen atoms in total. The normalized spacial score (nSPS) is 23.1. The van der Waals surface area contributed by atoms with Crippen LogP contribution < -0.4 is 5.32 Å². The minimum atomic E-state index is 0.417. The summed E-state index contributed by atoms with van der Waals surface area (Å²) in [7, 11) is 0. The highest BCUT2D eigenvalue weighted by molar-refractivity contribution is 8.13. The summed E-state index contributed by atoms with van der Waals surface area (Å²) in [6.07, 6.45) is 1.20. The van der Waals surface area contributed by atoms with Gasteiger partial charge >= 0.3 is 0 Å². The van der Waals surface area contributed by atoms with Gasteiger partial charge in [0, 0.05) is 18.8 Å². The highest BCUT2D eigenvalue weighted by Gasteiger charge is 2.13. The first-order valence-electron chi connectivity index (χ1n) is 5.38. The van der Waals surface area contributed by atoms with Crippen molar-refractivity contribution < 1.29 is 0 Å². The number of amidine groups is 1. The SMILES string of the molecule is CC1CN=C(NCCC(C)(C)C)SC1. The van der Waals surface area contributed by atoms with Crippen LogP contribution in [0.1, 0.15) is 34.1 Å².